The summed E-state index contributed by atoms with van der Waals surface area (Å²) in [6.45, 7) is 2.28. The van der Waals surface area contributed by atoms with E-state index in [1.807, 2.05) is 4.90 Å². The predicted molar refractivity (Wildman–Crippen MR) is 70.6 cm³/mol. The van der Waals surface area contributed by atoms with Gasteiger partial charge in [-0.05, 0) is 33.6 Å². The number of hydrogen-bond acceptors (Lipinski definition) is 1. The summed E-state index contributed by atoms with van der Waals surface area (Å²) >= 11 is 3.15. The maximum Gasteiger partial charge on any atom is 0.191 e. The lowest BCUT2D eigenvalue weighted by molar-refractivity contribution is 0.454. The Morgan fingerprint density at radius 2 is 2.25 bits per heavy atom. The van der Waals surface area contributed by atoms with E-state index < -0.39 is 0 Å². The Morgan fingerprint density at radius 3 is 2.81 bits per heavy atom. The van der Waals surface area contributed by atoms with Crippen LogP contribution < -0.4 is 5.32 Å². The summed E-state index contributed by atoms with van der Waals surface area (Å²) in [6.07, 6.45) is 0. The Balaban J connectivity index is 0.00000128. The third-order valence-electron chi connectivity index (χ3n) is 2.35. The zero-order chi connectivity index (χ0) is 10.8. The minimum atomic E-state index is -0.256. The van der Waals surface area contributed by atoms with Gasteiger partial charge in [0.05, 0.1) is 4.47 Å². The van der Waals surface area contributed by atoms with E-state index in [0.29, 0.717) is 17.0 Å². The lowest BCUT2D eigenvalue weighted by Crippen LogP contribution is -2.28. The standard InChI is InChI=1S/C10H11BrFN3.BrH/c11-8-5-7(1-2-9(8)12)6-15-4-3-14-10(15)13;/h1-2,5H,3-4,6H2,(H2,13,14);1H. The average Bonchev–Trinajstić information content (AvgIpc) is 2.59. The Labute approximate surface area is 112 Å². The molecular weight excluding hydrogens is 341 g/mol. The molecule has 2 rings (SSSR count). The predicted octanol–water partition coefficient (Wildman–Crippen LogP) is 2.51. The van der Waals surface area contributed by atoms with Gasteiger partial charge in [-0.25, -0.2) is 4.39 Å². The summed E-state index contributed by atoms with van der Waals surface area (Å²) in [5.74, 6) is 0.184. The van der Waals surface area contributed by atoms with Crippen molar-refractivity contribution in [1.29, 1.82) is 5.41 Å². The van der Waals surface area contributed by atoms with E-state index >= 15 is 0 Å². The molecule has 0 saturated carbocycles. The van der Waals surface area contributed by atoms with Gasteiger partial charge in [0.25, 0.3) is 0 Å². The largest absolute Gasteiger partial charge is 0.355 e. The van der Waals surface area contributed by atoms with E-state index in [4.69, 9.17) is 5.41 Å². The molecule has 0 amide bonds. The van der Waals surface area contributed by atoms with Crippen LogP contribution in [0.5, 0.6) is 0 Å². The second-order valence-corrected chi connectivity index (χ2v) is 4.30. The van der Waals surface area contributed by atoms with E-state index in [1.54, 1.807) is 12.1 Å². The van der Waals surface area contributed by atoms with Crippen molar-refractivity contribution in [2.24, 2.45) is 0 Å². The van der Waals surface area contributed by atoms with Crippen molar-refractivity contribution in [3.05, 3.63) is 34.1 Å². The summed E-state index contributed by atoms with van der Waals surface area (Å²) in [4.78, 5) is 1.92. The molecule has 0 bridgehead atoms. The molecule has 0 unspecified atom stereocenters. The SMILES string of the molecule is Br.N=C1NCCN1Cc1ccc(F)c(Br)c1. The Bertz CT molecular complexity index is 398. The Morgan fingerprint density at radius 1 is 1.50 bits per heavy atom. The molecular formula is C10H12Br2FN3. The fraction of sp³-hybridized carbons (Fsp3) is 0.300. The number of nitrogens with one attached hydrogen (secondary N) is 2. The van der Waals surface area contributed by atoms with E-state index in [-0.39, 0.29) is 22.8 Å². The van der Waals surface area contributed by atoms with Crippen LogP contribution in [0.15, 0.2) is 22.7 Å². The first-order chi connectivity index (χ1) is 7.16. The summed E-state index contributed by atoms with van der Waals surface area (Å²) in [5, 5.41) is 10.5. The smallest absolute Gasteiger partial charge is 0.191 e. The number of hydrogen-bond donors (Lipinski definition) is 2. The maximum atomic E-state index is 13.0. The van der Waals surface area contributed by atoms with Crippen LogP contribution in [0, 0.1) is 11.2 Å². The molecule has 6 heteroatoms. The highest BCUT2D eigenvalue weighted by Gasteiger charge is 2.16. The van der Waals surface area contributed by atoms with Gasteiger partial charge in [0.15, 0.2) is 5.96 Å². The molecule has 1 fully saturated rings. The molecule has 0 aromatic heterocycles. The van der Waals surface area contributed by atoms with Gasteiger partial charge in [-0.15, -0.1) is 17.0 Å². The minimum Gasteiger partial charge on any atom is -0.355 e. The highest BCUT2D eigenvalue weighted by Crippen LogP contribution is 2.18. The summed E-state index contributed by atoms with van der Waals surface area (Å²) in [7, 11) is 0. The monoisotopic (exact) mass is 351 g/mol. The van der Waals surface area contributed by atoms with E-state index in [9.17, 15) is 4.39 Å². The van der Waals surface area contributed by atoms with Gasteiger partial charge >= 0.3 is 0 Å². The van der Waals surface area contributed by atoms with E-state index in [0.717, 1.165) is 18.7 Å². The van der Waals surface area contributed by atoms with Crippen molar-refractivity contribution < 1.29 is 4.39 Å². The Hall–Kier alpha value is -0.620. The van der Waals surface area contributed by atoms with Gasteiger partial charge in [0.1, 0.15) is 5.82 Å². The van der Waals surface area contributed by atoms with Crippen LogP contribution in [0.4, 0.5) is 4.39 Å². The van der Waals surface area contributed by atoms with Crippen LogP contribution in [0.2, 0.25) is 0 Å². The molecule has 3 nitrogen and oxygen atoms in total. The molecule has 0 spiro atoms. The van der Waals surface area contributed by atoms with E-state index in [1.165, 1.54) is 6.07 Å². The van der Waals surface area contributed by atoms with Gasteiger partial charge < -0.3 is 10.2 Å². The molecule has 1 heterocycles. The fourth-order valence-electron chi connectivity index (χ4n) is 1.55. The lowest BCUT2D eigenvalue weighted by atomic mass is 10.2. The van der Waals surface area contributed by atoms with Crippen LogP contribution in [-0.4, -0.2) is 23.9 Å². The zero-order valence-electron chi connectivity index (χ0n) is 8.46. The first kappa shape index (κ1) is 13.4. The summed E-state index contributed by atoms with van der Waals surface area (Å²) in [5.41, 5.74) is 0.997. The van der Waals surface area contributed by atoms with Crippen LogP contribution in [-0.2, 0) is 6.54 Å². The quantitative estimate of drug-likeness (QED) is 0.858. The first-order valence-electron chi connectivity index (χ1n) is 4.68. The lowest BCUT2D eigenvalue weighted by Gasteiger charge is -2.16. The average molecular weight is 353 g/mol. The van der Waals surface area contributed by atoms with Crippen molar-refractivity contribution in [3.8, 4) is 0 Å². The summed E-state index contributed by atoms with van der Waals surface area (Å²) < 4.78 is 13.4. The Kier molecular flexibility index (Phi) is 4.73. The van der Waals surface area contributed by atoms with Gasteiger partial charge in [0.2, 0.25) is 0 Å². The van der Waals surface area contributed by atoms with Crippen LogP contribution in [0.25, 0.3) is 0 Å². The molecule has 0 aliphatic carbocycles. The molecule has 1 aliphatic rings. The topological polar surface area (TPSA) is 39.1 Å². The van der Waals surface area contributed by atoms with Gasteiger partial charge in [-0.1, -0.05) is 6.07 Å². The minimum absolute atomic E-state index is 0. The zero-order valence-corrected chi connectivity index (χ0v) is 11.8. The van der Waals surface area contributed by atoms with Crippen LogP contribution >= 0.6 is 32.9 Å². The molecule has 88 valence electrons. The first-order valence-corrected chi connectivity index (χ1v) is 5.47. The van der Waals surface area contributed by atoms with Gasteiger partial charge in [-0.2, -0.15) is 0 Å². The van der Waals surface area contributed by atoms with Crippen molar-refractivity contribution in [1.82, 2.24) is 10.2 Å². The van der Waals surface area contributed by atoms with Crippen molar-refractivity contribution in [2.75, 3.05) is 13.1 Å². The van der Waals surface area contributed by atoms with Crippen LogP contribution in [0.1, 0.15) is 5.56 Å². The second-order valence-electron chi connectivity index (χ2n) is 3.45. The normalized spacial score (nSPS) is 14.6. The molecule has 0 radical (unpaired) electrons. The second kappa shape index (κ2) is 5.63. The highest BCUT2D eigenvalue weighted by molar-refractivity contribution is 9.10. The van der Waals surface area contributed by atoms with Crippen molar-refractivity contribution in [2.45, 2.75) is 6.54 Å². The van der Waals surface area contributed by atoms with Crippen LogP contribution in [0.3, 0.4) is 0 Å². The fourth-order valence-corrected chi connectivity index (χ4v) is 1.98. The van der Waals surface area contributed by atoms with Crippen molar-refractivity contribution >= 4 is 38.9 Å². The molecule has 1 saturated heterocycles. The number of rotatable bonds is 2. The number of benzene rings is 1. The molecule has 1 aromatic rings. The highest BCUT2D eigenvalue weighted by atomic mass is 79.9. The third-order valence-corrected chi connectivity index (χ3v) is 2.96. The van der Waals surface area contributed by atoms with E-state index in [2.05, 4.69) is 21.2 Å². The number of halogens is 3. The molecule has 2 N–H and O–H groups in total. The molecule has 0 atom stereocenters. The summed E-state index contributed by atoms with van der Waals surface area (Å²) in [6, 6.07) is 4.93. The molecule has 16 heavy (non-hydrogen) atoms. The molecule has 1 aliphatic heterocycles. The third kappa shape index (κ3) is 2.95. The number of nitrogens with zero attached hydrogens (tertiary/aromatic N) is 1. The molecule has 1 aromatic carbocycles. The van der Waals surface area contributed by atoms with Gasteiger partial charge in [-0.3, -0.25) is 5.41 Å². The van der Waals surface area contributed by atoms with Crippen molar-refractivity contribution in [3.63, 3.8) is 0 Å². The maximum absolute atomic E-state index is 13.0. The number of guanidine groups is 1. The van der Waals surface area contributed by atoms with Gasteiger partial charge in [0, 0.05) is 19.6 Å².